The summed E-state index contributed by atoms with van der Waals surface area (Å²) in [6, 6.07) is 0.0228. The second kappa shape index (κ2) is 5.45. The van der Waals surface area contributed by atoms with Crippen LogP contribution in [0.5, 0.6) is 0 Å². The molecule has 16 heavy (non-hydrogen) atoms. The van der Waals surface area contributed by atoms with E-state index in [1.54, 1.807) is 13.1 Å². The molecule has 0 spiro atoms. The fraction of sp³-hybridized carbons (Fsp3) is 0.600. The van der Waals surface area contributed by atoms with Crippen LogP contribution in [0.2, 0.25) is 0 Å². The number of aliphatic hydroxyl groups excluding tert-OH is 1. The number of nitrogens with zero attached hydrogens (tertiary/aromatic N) is 2. The number of halogens is 1. The van der Waals surface area contributed by atoms with Gasteiger partial charge < -0.3 is 10.4 Å². The maximum absolute atomic E-state index is 11.8. The first kappa shape index (κ1) is 13.2. The molecule has 0 bridgehead atoms. The van der Waals surface area contributed by atoms with E-state index in [1.807, 2.05) is 13.8 Å². The molecule has 5 nitrogen and oxygen atoms in total. The van der Waals surface area contributed by atoms with Crippen LogP contribution in [0.4, 0.5) is 5.69 Å². The van der Waals surface area contributed by atoms with Crippen LogP contribution >= 0.6 is 15.9 Å². The van der Waals surface area contributed by atoms with Crippen molar-refractivity contribution in [2.24, 2.45) is 0 Å². The Labute approximate surface area is 103 Å². The third-order valence-corrected chi connectivity index (χ3v) is 2.79. The Morgan fingerprint density at radius 1 is 1.56 bits per heavy atom. The summed E-state index contributed by atoms with van der Waals surface area (Å²) in [7, 11) is 0. The first-order valence-corrected chi connectivity index (χ1v) is 5.92. The van der Waals surface area contributed by atoms with Crippen molar-refractivity contribution in [1.29, 1.82) is 0 Å². The number of aliphatic hydroxyl groups is 1. The molecule has 90 valence electrons. The van der Waals surface area contributed by atoms with Gasteiger partial charge in [-0.1, -0.05) is 0 Å². The molecule has 1 aromatic rings. The van der Waals surface area contributed by atoms with Gasteiger partial charge in [-0.2, -0.15) is 5.10 Å². The maximum atomic E-state index is 11.8. The largest absolute Gasteiger partial charge is 0.392 e. The van der Waals surface area contributed by atoms with Gasteiger partial charge in [0.25, 0.3) is 5.56 Å². The van der Waals surface area contributed by atoms with E-state index in [0.29, 0.717) is 16.7 Å². The monoisotopic (exact) mass is 289 g/mol. The highest BCUT2D eigenvalue weighted by molar-refractivity contribution is 9.10. The van der Waals surface area contributed by atoms with E-state index >= 15 is 0 Å². The van der Waals surface area contributed by atoms with Crippen LogP contribution < -0.4 is 10.9 Å². The van der Waals surface area contributed by atoms with E-state index in [4.69, 9.17) is 5.11 Å². The molecule has 1 rings (SSSR count). The Morgan fingerprint density at radius 3 is 2.69 bits per heavy atom. The summed E-state index contributed by atoms with van der Waals surface area (Å²) in [5.74, 6) is 0. The number of rotatable bonds is 4. The predicted molar refractivity (Wildman–Crippen MR) is 66.8 cm³/mol. The fourth-order valence-electron chi connectivity index (χ4n) is 1.19. The Bertz CT molecular complexity index is 415. The molecule has 0 aromatic carbocycles. The van der Waals surface area contributed by atoms with E-state index in [9.17, 15) is 4.79 Å². The van der Waals surface area contributed by atoms with E-state index < -0.39 is 6.10 Å². The molecular formula is C10H16BrN3O2. The third-order valence-electron chi connectivity index (χ3n) is 2.02. The van der Waals surface area contributed by atoms with Gasteiger partial charge in [0, 0.05) is 6.54 Å². The average Bonchev–Trinajstić information content (AvgIpc) is 2.19. The SMILES string of the molecule is CC(O)CNc1cnn(C(C)C)c(=O)c1Br. The highest BCUT2D eigenvalue weighted by Crippen LogP contribution is 2.16. The molecule has 0 saturated carbocycles. The van der Waals surface area contributed by atoms with Crippen LogP contribution in [-0.4, -0.2) is 27.5 Å². The van der Waals surface area contributed by atoms with Crippen LogP contribution in [-0.2, 0) is 0 Å². The predicted octanol–water partition coefficient (Wildman–Crippen LogP) is 1.38. The molecule has 1 heterocycles. The molecule has 0 fully saturated rings. The summed E-state index contributed by atoms with van der Waals surface area (Å²) < 4.78 is 1.84. The molecule has 0 radical (unpaired) electrons. The standard InChI is InChI=1S/C10H16BrN3O2/c1-6(2)14-10(16)9(11)8(5-13-14)12-4-7(3)15/h5-7,12,15H,4H2,1-3H3. The zero-order valence-electron chi connectivity index (χ0n) is 9.57. The van der Waals surface area contributed by atoms with Gasteiger partial charge in [-0.05, 0) is 36.7 Å². The number of hydrogen-bond donors (Lipinski definition) is 2. The molecule has 1 unspecified atom stereocenters. The van der Waals surface area contributed by atoms with Crippen LogP contribution in [0.3, 0.4) is 0 Å². The lowest BCUT2D eigenvalue weighted by atomic mass is 10.3. The van der Waals surface area contributed by atoms with Gasteiger partial charge in [0.1, 0.15) is 4.47 Å². The van der Waals surface area contributed by atoms with E-state index in [2.05, 4.69) is 26.3 Å². The fourth-order valence-corrected chi connectivity index (χ4v) is 1.62. The summed E-state index contributed by atoms with van der Waals surface area (Å²) in [5, 5.41) is 16.1. The zero-order valence-corrected chi connectivity index (χ0v) is 11.2. The van der Waals surface area contributed by atoms with Crippen LogP contribution in [0, 0.1) is 0 Å². The van der Waals surface area contributed by atoms with Crippen molar-refractivity contribution in [3.8, 4) is 0 Å². The topological polar surface area (TPSA) is 67.2 Å². The van der Waals surface area contributed by atoms with Crippen molar-refractivity contribution in [3.05, 3.63) is 21.0 Å². The Hall–Kier alpha value is -0.880. The van der Waals surface area contributed by atoms with Crippen molar-refractivity contribution in [2.45, 2.75) is 32.9 Å². The first-order valence-electron chi connectivity index (χ1n) is 5.12. The van der Waals surface area contributed by atoms with Crippen molar-refractivity contribution in [2.75, 3.05) is 11.9 Å². The second-order valence-electron chi connectivity index (χ2n) is 3.95. The lowest BCUT2D eigenvalue weighted by Gasteiger charge is -2.13. The van der Waals surface area contributed by atoms with Crippen LogP contribution in [0.25, 0.3) is 0 Å². The minimum atomic E-state index is -0.473. The van der Waals surface area contributed by atoms with Gasteiger partial charge in [0.15, 0.2) is 0 Å². The van der Waals surface area contributed by atoms with Gasteiger partial charge in [-0.3, -0.25) is 4.79 Å². The number of anilines is 1. The summed E-state index contributed by atoms with van der Waals surface area (Å²) in [4.78, 5) is 11.8. The summed E-state index contributed by atoms with van der Waals surface area (Å²) >= 11 is 3.23. The van der Waals surface area contributed by atoms with Gasteiger partial charge in [0.2, 0.25) is 0 Å². The number of hydrogen-bond acceptors (Lipinski definition) is 4. The van der Waals surface area contributed by atoms with Crippen LogP contribution in [0.1, 0.15) is 26.8 Å². The lowest BCUT2D eigenvalue weighted by Crippen LogP contribution is -2.27. The molecule has 0 aliphatic carbocycles. The summed E-state index contributed by atoms with van der Waals surface area (Å²) in [6.45, 7) is 5.84. The van der Waals surface area contributed by atoms with E-state index in [1.165, 1.54) is 4.68 Å². The second-order valence-corrected chi connectivity index (χ2v) is 4.74. The maximum Gasteiger partial charge on any atom is 0.283 e. The van der Waals surface area contributed by atoms with E-state index in [0.717, 1.165) is 0 Å². The minimum Gasteiger partial charge on any atom is -0.392 e. The quantitative estimate of drug-likeness (QED) is 0.879. The lowest BCUT2D eigenvalue weighted by molar-refractivity contribution is 0.208. The number of aromatic nitrogens is 2. The molecule has 0 amide bonds. The van der Waals surface area contributed by atoms with Gasteiger partial charge in [-0.15, -0.1) is 0 Å². The molecular weight excluding hydrogens is 274 g/mol. The molecule has 2 N–H and O–H groups in total. The minimum absolute atomic E-state index is 0.0228. The normalized spacial score (nSPS) is 12.9. The average molecular weight is 290 g/mol. The zero-order chi connectivity index (χ0) is 12.3. The molecule has 1 atom stereocenters. The molecule has 0 saturated heterocycles. The molecule has 0 aliphatic heterocycles. The van der Waals surface area contributed by atoms with E-state index in [-0.39, 0.29) is 11.6 Å². The van der Waals surface area contributed by atoms with Crippen molar-refractivity contribution >= 4 is 21.6 Å². The first-order chi connectivity index (χ1) is 7.43. The molecule has 6 heteroatoms. The summed E-state index contributed by atoms with van der Waals surface area (Å²) in [6.07, 6.45) is 1.10. The van der Waals surface area contributed by atoms with Gasteiger partial charge >= 0.3 is 0 Å². The molecule has 1 aromatic heterocycles. The highest BCUT2D eigenvalue weighted by Gasteiger charge is 2.10. The Morgan fingerprint density at radius 2 is 2.19 bits per heavy atom. The van der Waals surface area contributed by atoms with Gasteiger partial charge in [0.05, 0.1) is 24.0 Å². The van der Waals surface area contributed by atoms with Gasteiger partial charge in [-0.25, -0.2) is 4.68 Å². The Kier molecular flexibility index (Phi) is 4.49. The molecule has 0 aliphatic rings. The highest BCUT2D eigenvalue weighted by atomic mass is 79.9. The number of nitrogens with one attached hydrogen (secondary N) is 1. The Balaban J connectivity index is 2.98. The van der Waals surface area contributed by atoms with Crippen molar-refractivity contribution in [1.82, 2.24) is 9.78 Å². The van der Waals surface area contributed by atoms with Crippen molar-refractivity contribution in [3.63, 3.8) is 0 Å². The van der Waals surface area contributed by atoms with Crippen molar-refractivity contribution < 1.29 is 5.11 Å². The smallest absolute Gasteiger partial charge is 0.283 e. The van der Waals surface area contributed by atoms with Crippen LogP contribution in [0.15, 0.2) is 15.5 Å². The summed E-state index contributed by atoms with van der Waals surface area (Å²) in [5.41, 5.74) is 0.424. The third kappa shape index (κ3) is 3.05.